The van der Waals surface area contributed by atoms with Crippen molar-refractivity contribution in [2.24, 2.45) is 0 Å². The first-order valence-electron chi connectivity index (χ1n) is 5.15. The molecule has 2 aromatic rings. The van der Waals surface area contributed by atoms with Crippen molar-refractivity contribution in [2.75, 3.05) is 0 Å². The van der Waals surface area contributed by atoms with Crippen LogP contribution in [0.15, 0.2) is 24.3 Å². The van der Waals surface area contributed by atoms with Crippen LogP contribution >= 0.6 is 11.6 Å². The van der Waals surface area contributed by atoms with Gasteiger partial charge in [-0.15, -0.1) is 0 Å². The van der Waals surface area contributed by atoms with Crippen LogP contribution in [0.5, 0.6) is 0 Å². The van der Waals surface area contributed by atoms with Crippen LogP contribution < -0.4 is 0 Å². The number of rotatable bonds is 1. The van der Waals surface area contributed by atoms with E-state index in [4.69, 9.17) is 11.6 Å². The highest BCUT2D eigenvalue weighted by molar-refractivity contribution is 6.31. The van der Waals surface area contributed by atoms with Crippen LogP contribution in [0.25, 0.3) is 11.3 Å². The topological polar surface area (TPSA) is 25.8 Å². The maximum atomic E-state index is 6.11. The lowest BCUT2D eigenvalue weighted by molar-refractivity contribution is 1.05. The van der Waals surface area contributed by atoms with Crippen LogP contribution in [-0.2, 0) is 0 Å². The summed E-state index contributed by atoms with van der Waals surface area (Å²) in [6, 6.07) is 8.10. The van der Waals surface area contributed by atoms with E-state index in [-0.39, 0.29) is 0 Å². The third-order valence-corrected chi connectivity index (χ3v) is 2.82. The monoisotopic (exact) mass is 232 g/mol. The van der Waals surface area contributed by atoms with Gasteiger partial charge in [-0.1, -0.05) is 35.4 Å². The van der Waals surface area contributed by atoms with Crippen molar-refractivity contribution in [3.63, 3.8) is 0 Å². The molecule has 1 aromatic carbocycles. The predicted octanol–water partition coefficient (Wildman–Crippen LogP) is 3.72. The van der Waals surface area contributed by atoms with Crippen molar-refractivity contribution in [3.8, 4) is 11.3 Å². The normalized spacial score (nSPS) is 10.5. The van der Waals surface area contributed by atoms with Gasteiger partial charge in [-0.2, -0.15) is 0 Å². The fraction of sp³-hybridized carbons (Fsp3) is 0.231. The van der Waals surface area contributed by atoms with E-state index in [9.17, 15) is 0 Å². The van der Waals surface area contributed by atoms with Gasteiger partial charge < -0.3 is 0 Å². The molecule has 0 N–H and O–H groups in total. The van der Waals surface area contributed by atoms with Gasteiger partial charge in [0.2, 0.25) is 0 Å². The van der Waals surface area contributed by atoms with Crippen LogP contribution in [0, 0.1) is 20.8 Å². The fourth-order valence-electron chi connectivity index (χ4n) is 1.55. The molecule has 0 amide bonds. The maximum Gasteiger partial charge on any atom is 0.155 e. The Balaban J connectivity index is 2.60. The smallest absolute Gasteiger partial charge is 0.155 e. The molecule has 0 saturated heterocycles. The van der Waals surface area contributed by atoms with Gasteiger partial charge in [0.05, 0.1) is 11.4 Å². The minimum Gasteiger partial charge on any atom is -0.248 e. The van der Waals surface area contributed by atoms with E-state index in [0.717, 1.165) is 22.6 Å². The average Bonchev–Trinajstić information content (AvgIpc) is 2.23. The van der Waals surface area contributed by atoms with E-state index in [2.05, 4.69) is 16.0 Å². The number of hydrogen-bond acceptors (Lipinski definition) is 2. The molecule has 2 rings (SSSR count). The van der Waals surface area contributed by atoms with Gasteiger partial charge >= 0.3 is 0 Å². The molecule has 0 aliphatic rings. The fourth-order valence-corrected chi connectivity index (χ4v) is 1.83. The summed E-state index contributed by atoms with van der Waals surface area (Å²) < 4.78 is 0. The van der Waals surface area contributed by atoms with E-state index in [1.807, 2.05) is 39.0 Å². The second-order valence-corrected chi connectivity index (χ2v) is 4.26. The van der Waals surface area contributed by atoms with E-state index in [1.165, 1.54) is 5.56 Å². The van der Waals surface area contributed by atoms with Crippen molar-refractivity contribution in [2.45, 2.75) is 20.8 Å². The molecule has 0 aliphatic carbocycles. The van der Waals surface area contributed by atoms with Gasteiger partial charge in [0.1, 0.15) is 5.69 Å². The summed E-state index contributed by atoms with van der Waals surface area (Å²) in [6.45, 7) is 5.90. The zero-order valence-electron chi connectivity index (χ0n) is 9.58. The molecule has 1 aromatic heterocycles. The van der Waals surface area contributed by atoms with E-state index in [0.29, 0.717) is 5.15 Å². The van der Waals surface area contributed by atoms with Crippen LogP contribution in [0.3, 0.4) is 0 Å². The lowest BCUT2D eigenvalue weighted by Gasteiger charge is -2.07. The second kappa shape index (κ2) is 4.22. The number of hydrogen-bond donors (Lipinski definition) is 0. The number of benzene rings is 1. The molecular weight excluding hydrogens is 220 g/mol. The molecule has 0 atom stereocenters. The van der Waals surface area contributed by atoms with Crippen molar-refractivity contribution in [3.05, 3.63) is 46.4 Å². The second-order valence-electron chi connectivity index (χ2n) is 3.90. The van der Waals surface area contributed by atoms with Crippen molar-refractivity contribution < 1.29 is 0 Å². The third kappa shape index (κ3) is 2.07. The SMILES string of the molecule is Cc1cccc(-c2nc(C)c(C)nc2Cl)c1. The molecule has 0 radical (unpaired) electrons. The Morgan fingerprint density at radius 1 is 1.00 bits per heavy atom. The molecule has 0 spiro atoms. The van der Waals surface area contributed by atoms with E-state index < -0.39 is 0 Å². The Hall–Kier alpha value is -1.41. The van der Waals surface area contributed by atoms with Gasteiger partial charge in [0.15, 0.2) is 5.15 Å². The molecule has 0 aliphatic heterocycles. The van der Waals surface area contributed by atoms with Gasteiger partial charge in [-0.05, 0) is 26.8 Å². The summed E-state index contributed by atoms with van der Waals surface area (Å²) >= 11 is 6.11. The highest BCUT2D eigenvalue weighted by Crippen LogP contribution is 2.25. The largest absolute Gasteiger partial charge is 0.248 e. The Kier molecular flexibility index (Phi) is 2.92. The van der Waals surface area contributed by atoms with Gasteiger partial charge in [0, 0.05) is 5.56 Å². The molecule has 2 nitrogen and oxygen atoms in total. The molecular formula is C13H13ClN2. The van der Waals surface area contributed by atoms with Crippen LogP contribution in [0.2, 0.25) is 5.15 Å². The zero-order valence-corrected chi connectivity index (χ0v) is 10.3. The summed E-state index contributed by atoms with van der Waals surface area (Å²) in [6.07, 6.45) is 0. The number of nitrogens with zero attached hydrogens (tertiary/aromatic N) is 2. The minimum atomic E-state index is 0.466. The summed E-state index contributed by atoms with van der Waals surface area (Å²) in [5.74, 6) is 0. The first kappa shape index (κ1) is 11.1. The molecule has 0 saturated carbocycles. The summed E-state index contributed by atoms with van der Waals surface area (Å²) in [5.41, 5.74) is 4.75. The Morgan fingerprint density at radius 3 is 2.38 bits per heavy atom. The summed E-state index contributed by atoms with van der Waals surface area (Å²) in [7, 11) is 0. The van der Waals surface area contributed by atoms with Gasteiger partial charge in [0.25, 0.3) is 0 Å². The minimum absolute atomic E-state index is 0.466. The maximum absolute atomic E-state index is 6.11. The molecule has 82 valence electrons. The quantitative estimate of drug-likeness (QED) is 0.749. The molecule has 0 bridgehead atoms. The van der Waals surface area contributed by atoms with Crippen molar-refractivity contribution in [1.29, 1.82) is 0 Å². The van der Waals surface area contributed by atoms with Gasteiger partial charge in [-0.25, -0.2) is 9.97 Å². The van der Waals surface area contributed by atoms with Crippen molar-refractivity contribution in [1.82, 2.24) is 9.97 Å². The summed E-state index contributed by atoms with van der Waals surface area (Å²) in [5, 5.41) is 0.466. The number of aryl methyl sites for hydroxylation is 3. The summed E-state index contributed by atoms with van der Waals surface area (Å²) in [4.78, 5) is 8.77. The number of aromatic nitrogens is 2. The van der Waals surface area contributed by atoms with Crippen LogP contribution in [-0.4, -0.2) is 9.97 Å². The van der Waals surface area contributed by atoms with E-state index in [1.54, 1.807) is 0 Å². The standard InChI is InChI=1S/C13H13ClN2/c1-8-5-4-6-11(7-8)12-13(14)16-10(3)9(2)15-12/h4-7H,1-3H3. The lowest BCUT2D eigenvalue weighted by Crippen LogP contribution is -1.96. The first-order valence-corrected chi connectivity index (χ1v) is 5.53. The Morgan fingerprint density at radius 2 is 1.69 bits per heavy atom. The Bertz CT molecular complexity index is 535. The van der Waals surface area contributed by atoms with Gasteiger partial charge in [-0.3, -0.25) is 0 Å². The average molecular weight is 233 g/mol. The van der Waals surface area contributed by atoms with E-state index >= 15 is 0 Å². The van der Waals surface area contributed by atoms with Crippen LogP contribution in [0.4, 0.5) is 0 Å². The lowest BCUT2D eigenvalue weighted by atomic mass is 10.1. The molecule has 16 heavy (non-hydrogen) atoms. The molecule has 0 unspecified atom stereocenters. The third-order valence-electron chi connectivity index (χ3n) is 2.56. The molecule has 3 heteroatoms. The highest BCUT2D eigenvalue weighted by atomic mass is 35.5. The molecule has 0 fully saturated rings. The highest BCUT2D eigenvalue weighted by Gasteiger charge is 2.09. The predicted molar refractivity (Wildman–Crippen MR) is 66.7 cm³/mol. The number of halogens is 1. The van der Waals surface area contributed by atoms with Crippen LogP contribution in [0.1, 0.15) is 17.0 Å². The van der Waals surface area contributed by atoms with Crippen molar-refractivity contribution >= 4 is 11.6 Å². The zero-order chi connectivity index (χ0) is 11.7. The Labute approximate surface area is 100 Å². The first-order chi connectivity index (χ1) is 7.58. The molecule has 1 heterocycles.